The van der Waals surface area contributed by atoms with Crippen molar-refractivity contribution in [1.82, 2.24) is 0 Å². The predicted molar refractivity (Wildman–Crippen MR) is 72.2 cm³/mol. The minimum atomic E-state index is -4.48. The second-order valence-corrected chi connectivity index (χ2v) is 4.30. The summed E-state index contributed by atoms with van der Waals surface area (Å²) in [6.07, 6.45) is -4.48. The molecule has 0 fully saturated rings. The molecule has 4 N–H and O–H groups in total. The lowest BCUT2D eigenvalue weighted by Gasteiger charge is -2.12. The first-order valence-electron chi connectivity index (χ1n) is 5.88. The van der Waals surface area contributed by atoms with Gasteiger partial charge in [-0.2, -0.15) is 13.2 Å². The van der Waals surface area contributed by atoms with Crippen molar-refractivity contribution < 1.29 is 28.0 Å². The summed E-state index contributed by atoms with van der Waals surface area (Å²) in [7, 11) is -1.67. The van der Waals surface area contributed by atoms with Crippen LogP contribution in [0.4, 0.5) is 18.9 Å². The molecular formula is C13H11BF3NO3. The Kier molecular flexibility index (Phi) is 4.10. The predicted octanol–water partition coefficient (Wildman–Crippen LogP) is 1.76. The number of halogens is 3. The van der Waals surface area contributed by atoms with Crippen molar-refractivity contribution in [3.63, 3.8) is 0 Å². The number of anilines is 1. The molecule has 0 heterocycles. The number of rotatable bonds is 3. The summed E-state index contributed by atoms with van der Waals surface area (Å²) in [5, 5.41) is 18.1. The molecule has 8 heteroatoms. The zero-order valence-corrected chi connectivity index (χ0v) is 10.6. The van der Waals surface area contributed by atoms with Crippen LogP contribution in [0.2, 0.25) is 0 Å². The van der Waals surface area contributed by atoms with Crippen molar-refractivity contribution in [2.45, 2.75) is 6.18 Å². The monoisotopic (exact) mass is 297 g/mol. The van der Waals surface area contributed by atoms with E-state index in [0.717, 1.165) is 18.2 Å². The molecule has 0 unspecified atom stereocenters. The highest BCUT2D eigenvalue weighted by atomic mass is 19.4. The van der Waals surface area contributed by atoms with Crippen molar-refractivity contribution in [2.24, 2.45) is 0 Å². The van der Waals surface area contributed by atoms with Crippen molar-refractivity contribution in [1.29, 1.82) is 0 Å². The third kappa shape index (κ3) is 3.68. The van der Waals surface area contributed by atoms with Crippen LogP contribution >= 0.6 is 0 Å². The van der Waals surface area contributed by atoms with Gasteiger partial charge in [0, 0.05) is 0 Å². The van der Waals surface area contributed by atoms with E-state index in [2.05, 4.69) is 0 Å². The van der Waals surface area contributed by atoms with Crippen LogP contribution in [0.1, 0.15) is 5.56 Å². The summed E-state index contributed by atoms with van der Waals surface area (Å²) in [6.45, 7) is 0. The van der Waals surface area contributed by atoms with Gasteiger partial charge in [-0.3, -0.25) is 0 Å². The summed E-state index contributed by atoms with van der Waals surface area (Å²) < 4.78 is 42.9. The molecule has 0 aromatic heterocycles. The maximum Gasteiger partial charge on any atom is 0.488 e. The SMILES string of the molecule is Nc1cc(C(F)(F)F)ccc1Oc1cccc(B(O)O)c1. The van der Waals surface area contributed by atoms with Crippen molar-refractivity contribution in [2.75, 3.05) is 5.73 Å². The molecule has 21 heavy (non-hydrogen) atoms. The van der Waals surface area contributed by atoms with Crippen LogP contribution < -0.4 is 15.9 Å². The molecular weight excluding hydrogens is 286 g/mol. The van der Waals surface area contributed by atoms with Crippen LogP contribution in [-0.4, -0.2) is 17.2 Å². The molecule has 2 rings (SSSR count). The number of nitrogen functional groups attached to an aromatic ring is 1. The molecule has 0 saturated heterocycles. The van der Waals surface area contributed by atoms with Crippen LogP contribution in [0.3, 0.4) is 0 Å². The maximum atomic E-state index is 12.5. The summed E-state index contributed by atoms with van der Waals surface area (Å²) >= 11 is 0. The Morgan fingerprint density at radius 3 is 2.33 bits per heavy atom. The van der Waals surface area contributed by atoms with Gasteiger partial charge < -0.3 is 20.5 Å². The van der Waals surface area contributed by atoms with Gasteiger partial charge >= 0.3 is 13.3 Å². The van der Waals surface area contributed by atoms with Crippen LogP contribution in [0, 0.1) is 0 Å². The van der Waals surface area contributed by atoms with Crippen LogP contribution in [0.5, 0.6) is 11.5 Å². The topological polar surface area (TPSA) is 75.7 Å². The number of hydrogen-bond acceptors (Lipinski definition) is 4. The van der Waals surface area contributed by atoms with E-state index in [0.29, 0.717) is 0 Å². The van der Waals surface area contributed by atoms with E-state index in [-0.39, 0.29) is 22.6 Å². The first-order valence-corrected chi connectivity index (χ1v) is 5.88. The lowest BCUT2D eigenvalue weighted by molar-refractivity contribution is -0.137. The number of benzene rings is 2. The lowest BCUT2D eigenvalue weighted by atomic mass is 9.80. The minimum Gasteiger partial charge on any atom is -0.455 e. The Morgan fingerprint density at radius 2 is 1.76 bits per heavy atom. The quantitative estimate of drug-likeness (QED) is 0.596. The second-order valence-electron chi connectivity index (χ2n) is 4.30. The van der Waals surface area contributed by atoms with Crippen molar-refractivity contribution >= 4 is 18.3 Å². The van der Waals surface area contributed by atoms with Crippen LogP contribution in [0.25, 0.3) is 0 Å². The number of alkyl halides is 3. The normalized spacial score (nSPS) is 11.3. The van der Waals surface area contributed by atoms with Gasteiger partial charge in [0.25, 0.3) is 0 Å². The molecule has 0 atom stereocenters. The van der Waals surface area contributed by atoms with Crippen LogP contribution in [-0.2, 0) is 6.18 Å². The molecule has 0 amide bonds. The van der Waals surface area contributed by atoms with Gasteiger partial charge in [0.1, 0.15) is 11.5 Å². The third-order valence-corrected chi connectivity index (χ3v) is 2.72. The van der Waals surface area contributed by atoms with Crippen molar-refractivity contribution in [3.8, 4) is 11.5 Å². The molecule has 0 radical (unpaired) electrons. The van der Waals surface area contributed by atoms with Gasteiger partial charge in [0.15, 0.2) is 0 Å². The average Bonchev–Trinajstić information content (AvgIpc) is 2.40. The summed E-state index contributed by atoms with van der Waals surface area (Å²) in [5.74, 6) is 0.277. The smallest absolute Gasteiger partial charge is 0.455 e. The molecule has 2 aromatic carbocycles. The first kappa shape index (κ1) is 15.2. The Hall–Kier alpha value is -2.19. The summed E-state index contributed by atoms with van der Waals surface area (Å²) in [6, 6.07) is 8.60. The molecule has 0 spiro atoms. The van der Waals surface area contributed by atoms with Crippen molar-refractivity contribution in [3.05, 3.63) is 48.0 Å². The summed E-state index contributed by atoms with van der Waals surface area (Å²) in [5.41, 5.74) is 4.70. The molecule has 0 saturated carbocycles. The van der Waals surface area contributed by atoms with Gasteiger partial charge in [0.05, 0.1) is 11.3 Å². The fourth-order valence-corrected chi connectivity index (χ4v) is 1.68. The highest BCUT2D eigenvalue weighted by Gasteiger charge is 2.31. The molecule has 110 valence electrons. The second kappa shape index (κ2) is 5.67. The Morgan fingerprint density at radius 1 is 1.05 bits per heavy atom. The standard InChI is InChI=1S/C13H11BF3NO3/c15-13(16,17)8-4-5-12(11(18)6-8)21-10-3-1-2-9(7-10)14(19)20/h1-7,19-20H,18H2. The molecule has 2 aromatic rings. The first-order chi connectivity index (χ1) is 9.77. The van der Waals surface area contributed by atoms with E-state index in [9.17, 15) is 13.2 Å². The van der Waals surface area contributed by atoms with E-state index >= 15 is 0 Å². The van der Waals surface area contributed by atoms with E-state index in [4.69, 9.17) is 20.5 Å². The Bertz CT molecular complexity index is 647. The average molecular weight is 297 g/mol. The Labute approximate surface area is 118 Å². The number of hydrogen-bond donors (Lipinski definition) is 3. The van der Waals surface area contributed by atoms with Gasteiger partial charge in [0.2, 0.25) is 0 Å². The van der Waals surface area contributed by atoms with Gasteiger partial charge in [-0.15, -0.1) is 0 Å². The number of ether oxygens (including phenoxy) is 1. The summed E-state index contributed by atoms with van der Waals surface area (Å²) in [4.78, 5) is 0. The molecule has 0 aliphatic rings. The van der Waals surface area contributed by atoms with E-state index in [1.165, 1.54) is 24.3 Å². The molecule has 0 aliphatic carbocycles. The fourth-order valence-electron chi connectivity index (χ4n) is 1.68. The zero-order chi connectivity index (χ0) is 15.6. The molecule has 0 aliphatic heterocycles. The largest absolute Gasteiger partial charge is 0.488 e. The zero-order valence-electron chi connectivity index (χ0n) is 10.6. The molecule has 4 nitrogen and oxygen atoms in total. The van der Waals surface area contributed by atoms with Gasteiger partial charge in [-0.1, -0.05) is 12.1 Å². The van der Waals surface area contributed by atoms with Crippen LogP contribution in [0.15, 0.2) is 42.5 Å². The maximum absolute atomic E-state index is 12.5. The fraction of sp³-hybridized carbons (Fsp3) is 0.0769. The third-order valence-electron chi connectivity index (χ3n) is 2.72. The van der Waals surface area contributed by atoms with E-state index in [1.54, 1.807) is 0 Å². The van der Waals surface area contributed by atoms with E-state index < -0.39 is 18.9 Å². The Balaban J connectivity index is 2.26. The van der Waals surface area contributed by atoms with Gasteiger partial charge in [-0.25, -0.2) is 0 Å². The number of nitrogens with two attached hydrogens (primary N) is 1. The lowest BCUT2D eigenvalue weighted by Crippen LogP contribution is -2.29. The highest BCUT2D eigenvalue weighted by molar-refractivity contribution is 6.58. The highest BCUT2D eigenvalue weighted by Crippen LogP contribution is 2.35. The van der Waals surface area contributed by atoms with Gasteiger partial charge in [-0.05, 0) is 35.8 Å². The molecule has 0 bridgehead atoms. The van der Waals surface area contributed by atoms with E-state index in [1.807, 2.05) is 0 Å². The minimum absolute atomic E-state index is 0.0487.